The van der Waals surface area contributed by atoms with Gasteiger partial charge in [-0.3, -0.25) is 9.20 Å². The number of nitrogens with one attached hydrogen (secondary N) is 1. The van der Waals surface area contributed by atoms with E-state index in [1.807, 2.05) is 22.2 Å². The summed E-state index contributed by atoms with van der Waals surface area (Å²) in [6, 6.07) is 0. The molecule has 4 aliphatic rings. The van der Waals surface area contributed by atoms with Crippen LogP contribution in [0.4, 0.5) is 0 Å². The molecule has 4 bridgehead atoms. The predicted molar refractivity (Wildman–Crippen MR) is 85.5 cm³/mol. The number of fused-ring (bicyclic) bond motifs is 1. The van der Waals surface area contributed by atoms with Crippen molar-refractivity contribution in [1.82, 2.24) is 14.7 Å². The minimum absolute atomic E-state index is 0.0497. The summed E-state index contributed by atoms with van der Waals surface area (Å²) in [5, 5.41) is 5.22. The van der Waals surface area contributed by atoms with Crippen molar-refractivity contribution in [3.8, 4) is 0 Å². The molecule has 5 heteroatoms. The molecule has 0 unspecified atom stereocenters. The average molecular weight is 315 g/mol. The third-order valence-electron chi connectivity index (χ3n) is 6.09. The lowest BCUT2D eigenvalue weighted by atomic mass is 9.49. The second-order valence-electron chi connectivity index (χ2n) is 7.71. The van der Waals surface area contributed by atoms with Gasteiger partial charge < -0.3 is 5.32 Å². The van der Waals surface area contributed by atoms with Crippen LogP contribution < -0.4 is 5.32 Å². The number of thiazole rings is 1. The molecular weight excluding hydrogens is 294 g/mol. The summed E-state index contributed by atoms with van der Waals surface area (Å²) < 4.78 is 2.02. The van der Waals surface area contributed by atoms with Crippen molar-refractivity contribution in [1.29, 1.82) is 0 Å². The van der Waals surface area contributed by atoms with Crippen molar-refractivity contribution in [2.75, 3.05) is 0 Å². The topological polar surface area (TPSA) is 46.4 Å². The van der Waals surface area contributed by atoms with E-state index in [0.29, 0.717) is 12.5 Å². The van der Waals surface area contributed by atoms with Gasteiger partial charge in [-0.2, -0.15) is 0 Å². The maximum Gasteiger partial charge on any atom is 0.226 e. The summed E-state index contributed by atoms with van der Waals surface area (Å²) in [7, 11) is 0. The van der Waals surface area contributed by atoms with Crippen LogP contribution in [-0.4, -0.2) is 15.3 Å². The quantitative estimate of drug-likeness (QED) is 0.945. The fraction of sp³-hybridized carbons (Fsp3) is 0.647. The highest BCUT2D eigenvalue weighted by atomic mass is 32.1. The molecule has 2 heterocycles. The summed E-state index contributed by atoms with van der Waals surface area (Å²) in [5.41, 5.74) is 0.913. The lowest BCUT2D eigenvalue weighted by Gasteiger charge is -2.55. The first kappa shape index (κ1) is 13.1. The molecule has 22 heavy (non-hydrogen) atoms. The molecule has 0 aromatic carbocycles. The number of hydrogen-bond acceptors (Lipinski definition) is 3. The third-order valence-corrected chi connectivity index (χ3v) is 6.86. The van der Waals surface area contributed by atoms with Crippen LogP contribution in [0.3, 0.4) is 0 Å². The van der Waals surface area contributed by atoms with E-state index in [1.165, 1.54) is 19.3 Å². The summed E-state index contributed by atoms with van der Waals surface area (Å²) in [6.07, 6.45) is 11.6. The lowest BCUT2D eigenvalue weighted by Crippen LogP contribution is -2.53. The Kier molecular flexibility index (Phi) is 2.72. The molecule has 0 spiro atoms. The van der Waals surface area contributed by atoms with Crippen molar-refractivity contribution < 1.29 is 4.79 Å². The Bertz CT molecular complexity index is 667. The molecule has 0 atom stereocenters. The second-order valence-corrected chi connectivity index (χ2v) is 8.58. The van der Waals surface area contributed by atoms with Gasteiger partial charge in [0.2, 0.25) is 5.91 Å². The van der Waals surface area contributed by atoms with E-state index in [9.17, 15) is 4.79 Å². The van der Waals surface area contributed by atoms with Gasteiger partial charge in [0.25, 0.3) is 0 Å². The van der Waals surface area contributed by atoms with Crippen LogP contribution in [0.2, 0.25) is 0 Å². The lowest BCUT2D eigenvalue weighted by molar-refractivity contribution is -0.146. The zero-order valence-electron chi connectivity index (χ0n) is 12.6. The zero-order valence-corrected chi connectivity index (χ0v) is 13.4. The maximum atomic E-state index is 12.9. The number of aromatic nitrogens is 2. The van der Waals surface area contributed by atoms with Gasteiger partial charge in [0.05, 0.1) is 12.2 Å². The van der Waals surface area contributed by atoms with Gasteiger partial charge in [-0.05, 0) is 56.3 Å². The molecule has 4 nitrogen and oxygen atoms in total. The normalized spacial score (nSPS) is 36.1. The van der Waals surface area contributed by atoms with E-state index in [4.69, 9.17) is 0 Å². The van der Waals surface area contributed by atoms with Crippen LogP contribution in [-0.2, 0) is 11.3 Å². The second kappa shape index (κ2) is 4.57. The molecule has 0 aliphatic heterocycles. The Morgan fingerprint density at radius 3 is 2.59 bits per heavy atom. The van der Waals surface area contributed by atoms with Gasteiger partial charge >= 0.3 is 0 Å². The highest BCUT2D eigenvalue weighted by Crippen LogP contribution is 2.60. The third kappa shape index (κ3) is 1.94. The van der Waals surface area contributed by atoms with Gasteiger partial charge in [0, 0.05) is 23.2 Å². The monoisotopic (exact) mass is 315 g/mol. The Morgan fingerprint density at radius 2 is 1.95 bits per heavy atom. The zero-order chi connectivity index (χ0) is 14.7. The van der Waals surface area contributed by atoms with Gasteiger partial charge in [-0.15, -0.1) is 11.3 Å². The van der Waals surface area contributed by atoms with Crippen LogP contribution in [0.25, 0.3) is 4.96 Å². The Labute approximate surface area is 133 Å². The number of carbonyl (C=O) groups is 1. The maximum absolute atomic E-state index is 12.9. The molecular formula is C17H21N3OS. The Balaban J connectivity index is 1.31. The van der Waals surface area contributed by atoms with Crippen LogP contribution in [0.1, 0.15) is 44.2 Å². The molecule has 2 aromatic rings. The first-order valence-corrected chi connectivity index (χ1v) is 9.27. The van der Waals surface area contributed by atoms with Crippen LogP contribution in [0.15, 0.2) is 17.8 Å². The fourth-order valence-corrected chi connectivity index (χ4v) is 6.33. The molecule has 4 aliphatic carbocycles. The number of carbonyl (C=O) groups excluding carboxylic acids is 1. The number of nitrogens with zero attached hydrogens (tertiary/aromatic N) is 2. The number of hydrogen-bond donors (Lipinski definition) is 1. The fourth-order valence-electron chi connectivity index (χ4n) is 5.61. The number of rotatable bonds is 3. The van der Waals surface area contributed by atoms with Gasteiger partial charge in [0.15, 0.2) is 4.96 Å². The van der Waals surface area contributed by atoms with Crippen molar-refractivity contribution in [3.63, 3.8) is 0 Å². The van der Waals surface area contributed by atoms with Crippen molar-refractivity contribution in [2.45, 2.75) is 45.1 Å². The highest BCUT2D eigenvalue weighted by molar-refractivity contribution is 7.15. The number of amides is 1. The van der Waals surface area contributed by atoms with E-state index in [1.54, 1.807) is 11.3 Å². The van der Waals surface area contributed by atoms with Gasteiger partial charge in [-0.25, -0.2) is 4.98 Å². The first-order valence-electron chi connectivity index (χ1n) is 8.40. The van der Waals surface area contributed by atoms with E-state index in [2.05, 4.69) is 10.3 Å². The van der Waals surface area contributed by atoms with Gasteiger partial charge in [0.1, 0.15) is 0 Å². The smallest absolute Gasteiger partial charge is 0.226 e. The van der Waals surface area contributed by atoms with Crippen molar-refractivity contribution in [2.24, 2.45) is 23.2 Å². The molecule has 1 N–H and O–H groups in total. The summed E-state index contributed by atoms with van der Waals surface area (Å²) in [5.74, 6) is 2.74. The minimum atomic E-state index is -0.0497. The highest BCUT2D eigenvalue weighted by Gasteiger charge is 2.54. The van der Waals surface area contributed by atoms with Gasteiger partial charge in [-0.1, -0.05) is 0 Å². The van der Waals surface area contributed by atoms with E-state index in [0.717, 1.165) is 47.7 Å². The summed E-state index contributed by atoms with van der Waals surface area (Å²) in [6.45, 7) is 0.564. The predicted octanol–water partition coefficient (Wildman–Crippen LogP) is 3.23. The molecule has 2 aromatic heterocycles. The Hall–Kier alpha value is -1.36. The molecule has 0 radical (unpaired) electrons. The van der Waals surface area contributed by atoms with E-state index in [-0.39, 0.29) is 5.41 Å². The summed E-state index contributed by atoms with van der Waals surface area (Å²) in [4.78, 5) is 18.4. The van der Waals surface area contributed by atoms with Crippen molar-refractivity contribution in [3.05, 3.63) is 23.5 Å². The first-order chi connectivity index (χ1) is 10.7. The Morgan fingerprint density at radius 1 is 1.27 bits per heavy atom. The molecule has 4 saturated carbocycles. The minimum Gasteiger partial charge on any atom is -0.350 e. The molecule has 6 rings (SSSR count). The van der Waals surface area contributed by atoms with Crippen LogP contribution >= 0.6 is 11.3 Å². The number of imidazole rings is 1. The standard InChI is InChI=1S/C17H21N3OS/c21-15(18-9-14-10-20-1-2-22-16(20)19-14)17-6-11-3-12(7-17)5-13(4-11)8-17/h1-2,10-13H,3-9H2,(H,18,21). The molecule has 0 saturated heterocycles. The van der Waals surface area contributed by atoms with Crippen molar-refractivity contribution >= 4 is 22.2 Å². The van der Waals surface area contributed by atoms with E-state index < -0.39 is 0 Å². The average Bonchev–Trinajstić information content (AvgIpc) is 3.04. The van der Waals surface area contributed by atoms with Crippen LogP contribution in [0.5, 0.6) is 0 Å². The molecule has 4 fully saturated rings. The molecule has 1 amide bonds. The largest absolute Gasteiger partial charge is 0.350 e. The van der Waals surface area contributed by atoms with E-state index >= 15 is 0 Å². The van der Waals surface area contributed by atoms with Crippen LogP contribution in [0, 0.1) is 23.2 Å². The SMILES string of the molecule is O=C(NCc1cn2ccsc2n1)C12CC3CC(CC(C3)C1)C2. The molecule has 116 valence electrons. The summed E-state index contributed by atoms with van der Waals surface area (Å²) >= 11 is 1.63.